The van der Waals surface area contributed by atoms with Crippen molar-refractivity contribution in [2.24, 2.45) is 0 Å². The van der Waals surface area contributed by atoms with E-state index in [2.05, 4.69) is 4.98 Å². The largest absolute Gasteiger partial charge is 1.00 e. The predicted molar refractivity (Wildman–Crippen MR) is 75.6 cm³/mol. The van der Waals surface area contributed by atoms with E-state index in [1.54, 1.807) is 23.3 Å². The zero-order valence-corrected chi connectivity index (χ0v) is 15.3. The van der Waals surface area contributed by atoms with E-state index in [-0.39, 0.29) is 46.5 Å². The van der Waals surface area contributed by atoms with Gasteiger partial charge < -0.3 is 9.90 Å². The predicted octanol–water partition coefficient (Wildman–Crippen LogP) is -2.22. The summed E-state index contributed by atoms with van der Waals surface area (Å²) in [5.41, 5.74) is 3.28. The first-order valence-electron chi connectivity index (χ1n) is 6.04. The van der Waals surface area contributed by atoms with Crippen molar-refractivity contribution in [2.75, 3.05) is 5.75 Å². The number of thioether (sulfide) groups is 1. The molecule has 0 unspecified atom stereocenters. The van der Waals surface area contributed by atoms with Crippen molar-refractivity contribution in [1.82, 2.24) is 9.88 Å². The van der Waals surface area contributed by atoms with E-state index >= 15 is 0 Å². The van der Waals surface area contributed by atoms with E-state index in [0.29, 0.717) is 17.7 Å². The summed E-state index contributed by atoms with van der Waals surface area (Å²) in [7, 11) is 0. The van der Waals surface area contributed by atoms with Crippen LogP contribution in [-0.4, -0.2) is 32.9 Å². The number of allylic oxidation sites excluding steroid dienone is 1. The van der Waals surface area contributed by atoms with Crippen LogP contribution in [0.1, 0.15) is 17.0 Å². The van der Waals surface area contributed by atoms with Crippen LogP contribution in [-0.2, 0) is 9.59 Å². The molecule has 5 nitrogen and oxygen atoms in total. The van der Waals surface area contributed by atoms with Crippen molar-refractivity contribution < 1.29 is 44.3 Å². The molecular formula is C13H11N2NaO3S2. The Morgan fingerprint density at radius 1 is 1.52 bits per heavy atom. The van der Waals surface area contributed by atoms with Crippen molar-refractivity contribution in [2.45, 2.75) is 18.7 Å². The number of carbonyl (C=O) groups is 2. The standard InChI is InChI=1S/C13H12N2O3S2.Na/c1-7-9(20-6-14-7)3-2-8-5-19-11-4-10(16)15(11)12(8)13(17)18;/h2-3,6,11H,4-5H2,1H3,(H,17,18);/q;+1/p-1/t11-;/m1./s1. The SMILES string of the molecule is Cc1ncsc1C=CC1=C(C(=O)[O-])N2C(=O)C[C@H]2SC1.[Na+]. The first-order valence-corrected chi connectivity index (χ1v) is 7.97. The fourth-order valence-electron chi connectivity index (χ4n) is 2.20. The molecule has 2 aliphatic heterocycles. The molecule has 1 saturated heterocycles. The van der Waals surface area contributed by atoms with Crippen LogP contribution in [0.15, 0.2) is 22.9 Å². The second-order valence-electron chi connectivity index (χ2n) is 4.53. The maximum absolute atomic E-state index is 11.6. The molecule has 8 heteroatoms. The molecular weight excluding hydrogens is 319 g/mol. The molecule has 1 aromatic heterocycles. The first-order chi connectivity index (χ1) is 9.58. The number of fused-ring (bicyclic) bond motifs is 1. The minimum absolute atomic E-state index is 0. The summed E-state index contributed by atoms with van der Waals surface area (Å²) in [4.78, 5) is 29.3. The van der Waals surface area contributed by atoms with Crippen LogP contribution < -0.4 is 34.7 Å². The molecule has 1 aromatic rings. The van der Waals surface area contributed by atoms with Crippen LogP contribution in [0.5, 0.6) is 0 Å². The summed E-state index contributed by atoms with van der Waals surface area (Å²) in [6.07, 6.45) is 4.00. The summed E-state index contributed by atoms with van der Waals surface area (Å²) in [5.74, 6) is -0.864. The van der Waals surface area contributed by atoms with Crippen molar-refractivity contribution in [3.63, 3.8) is 0 Å². The molecule has 2 aliphatic rings. The zero-order valence-electron chi connectivity index (χ0n) is 11.7. The molecule has 0 radical (unpaired) electrons. The number of rotatable bonds is 3. The van der Waals surface area contributed by atoms with Gasteiger partial charge in [-0.2, -0.15) is 0 Å². The summed E-state index contributed by atoms with van der Waals surface area (Å²) in [5, 5.41) is 11.3. The number of amides is 1. The van der Waals surface area contributed by atoms with Crippen LogP contribution in [0, 0.1) is 6.92 Å². The molecule has 3 rings (SSSR count). The summed E-state index contributed by atoms with van der Waals surface area (Å²) in [6.45, 7) is 1.90. The molecule has 21 heavy (non-hydrogen) atoms. The van der Waals surface area contributed by atoms with Gasteiger partial charge in [0.25, 0.3) is 0 Å². The van der Waals surface area contributed by atoms with Gasteiger partial charge in [-0.15, -0.1) is 23.1 Å². The Bertz CT molecular complexity index is 654. The molecule has 0 aliphatic carbocycles. The van der Waals surface area contributed by atoms with Gasteiger partial charge in [-0.1, -0.05) is 6.08 Å². The van der Waals surface area contributed by atoms with Gasteiger partial charge in [0.15, 0.2) is 0 Å². The number of hydrogen-bond acceptors (Lipinski definition) is 6. The Labute approximate surface area is 152 Å². The summed E-state index contributed by atoms with van der Waals surface area (Å²) in [6, 6.07) is 0. The van der Waals surface area contributed by atoms with Gasteiger partial charge >= 0.3 is 29.6 Å². The normalized spacial score (nSPS) is 21.1. The Morgan fingerprint density at radius 2 is 2.29 bits per heavy atom. The second kappa shape index (κ2) is 6.66. The van der Waals surface area contributed by atoms with Gasteiger partial charge in [0, 0.05) is 10.6 Å². The summed E-state index contributed by atoms with van der Waals surface area (Å²) >= 11 is 3.07. The Morgan fingerprint density at radius 3 is 2.86 bits per heavy atom. The third kappa shape index (κ3) is 3.12. The van der Waals surface area contributed by atoms with Crippen molar-refractivity contribution in [1.29, 1.82) is 0 Å². The van der Waals surface area contributed by atoms with Gasteiger partial charge in [0.05, 0.1) is 34.7 Å². The van der Waals surface area contributed by atoms with Gasteiger partial charge in [-0.05, 0) is 18.6 Å². The fraction of sp³-hybridized carbons (Fsp3) is 0.308. The molecule has 104 valence electrons. The quantitative estimate of drug-likeness (QED) is 0.464. The van der Waals surface area contributed by atoms with E-state index in [4.69, 9.17) is 0 Å². The molecule has 1 amide bonds. The number of thiazole rings is 1. The van der Waals surface area contributed by atoms with E-state index < -0.39 is 5.97 Å². The number of carbonyl (C=O) groups excluding carboxylic acids is 2. The number of aliphatic carboxylic acids is 1. The van der Waals surface area contributed by atoms with Gasteiger partial charge in [0.2, 0.25) is 5.91 Å². The van der Waals surface area contributed by atoms with Crippen LogP contribution >= 0.6 is 23.1 Å². The number of β-lactam (4-membered cyclic amide) rings is 1. The molecule has 3 heterocycles. The monoisotopic (exact) mass is 330 g/mol. The van der Waals surface area contributed by atoms with Crippen LogP contribution in [0.3, 0.4) is 0 Å². The van der Waals surface area contributed by atoms with Crippen molar-refractivity contribution >= 4 is 41.1 Å². The van der Waals surface area contributed by atoms with Crippen LogP contribution in [0.2, 0.25) is 0 Å². The van der Waals surface area contributed by atoms with Crippen molar-refractivity contribution in [3.8, 4) is 0 Å². The third-order valence-corrected chi connectivity index (χ3v) is 5.43. The van der Waals surface area contributed by atoms with Crippen LogP contribution in [0.25, 0.3) is 6.08 Å². The minimum Gasteiger partial charge on any atom is -0.543 e. The number of carboxylic acids is 1. The van der Waals surface area contributed by atoms with E-state index in [1.165, 1.54) is 16.2 Å². The smallest absolute Gasteiger partial charge is 0.543 e. The third-order valence-electron chi connectivity index (χ3n) is 3.29. The molecule has 1 atom stereocenters. The summed E-state index contributed by atoms with van der Waals surface area (Å²) < 4.78 is 0. The minimum atomic E-state index is -1.29. The number of aryl methyl sites for hydroxylation is 1. The van der Waals surface area contributed by atoms with Gasteiger partial charge in [-0.3, -0.25) is 9.69 Å². The number of hydrogen-bond donors (Lipinski definition) is 0. The molecule has 0 bridgehead atoms. The average molecular weight is 330 g/mol. The maximum Gasteiger partial charge on any atom is 1.00 e. The van der Waals surface area contributed by atoms with Gasteiger partial charge in [0.1, 0.15) is 0 Å². The van der Waals surface area contributed by atoms with E-state index in [1.807, 2.05) is 13.0 Å². The zero-order chi connectivity index (χ0) is 14.3. The second-order valence-corrected chi connectivity index (χ2v) is 6.58. The average Bonchev–Trinajstić information content (AvgIpc) is 2.80. The molecule has 0 aromatic carbocycles. The molecule has 0 saturated carbocycles. The number of nitrogens with zero attached hydrogens (tertiary/aromatic N) is 2. The van der Waals surface area contributed by atoms with Gasteiger partial charge in [-0.25, -0.2) is 4.98 Å². The molecule has 1 fully saturated rings. The van der Waals surface area contributed by atoms with Crippen molar-refractivity contribution in [3.05, 3.63) is 33.4 Å². The van der Waals surface area contributed by atoms with E-state index in [0.717, 1.165) is 10.6 Å². The molecule has 0 N–H and O–H groups in total. The van der Waals surface area contributed by atoms with E-state index in [9.17, 15) is 14.7 Å². The number of aromatic nitrogens is 1. The first kappa shape index (κ1) is 16.8. The Balaban J connectivity index is 0.00000161. The topological polar surface area (TPSA) is 73.3 Å². The van der Waals surface area contributed by atoms with Crippen LogP contribution in [0.4, 0.5) is 0 Å². The Kier molecular flexibility index (Phi) is 5.32. The maximum atomic E-state index is 11.6. The fourth-order valence-corrected chi connectivity index (χ4v) is 4.13. The molecule has 0 spiro atoms. The Hall–Kier alpha value is -0.600. The number of carboxylic acid groups (broad SMARTS) is 1.